The fraction of sp³-hybridized carbons (Fsp3) is 0.727. The molecule has 0 amide bonds. The zero-order valence-corrected chi connectivity index (χ0v) is 12.3. The van der Waals surface area contributed by atoms with Gasteiger partial charge in [0.05, 0.1) is 15.9 Å². The van der Waals surface area contributed by atoms with Crippen LogP contribution in [-0.4, -0.2) is 14.6 Å². The molecule has 0 spiro atoms. The van der Waals surface area contributed by atoms with E-state index in [9.17, 15) is 0 Å². The first-order valence-electron chi connectivity index (χ1n) is 5.41. The minimum absolute atomic E-state index is 0.694. The van der Waals surface area contributed by atoms with Crippen LogP contribution in [0.15, 0.2) is 4.47 Å². The van der Waals surface area contributed by atoms with Gasteiger partial charge in [0.15, 0.2) is 0 Å². The van der Waals surface area contributed by atoms with Crippen molar-refractivity contribution in [1.29, 1.82) is 0 Å². The molecule has 1 fully saturated rings. The normalized spacial score (nSPS) is 18.1. The molecule has 0 aromatic carbocycles. The molecule has 1 saturated carbocycles. The lowest BCUT2D eigenvalue weighted by Gasteiger charge is -2.08. The summed E-state index contributed by atoms with van der Waals surface area (Å²) >= 11 is 7.38. The van der Waals surface area contributed by atoms with Gasteiger partial charge in [0.25, 0.3) is 0 Å². The van der Waals surface area contributed by atoms with E-state index in [1.807, 2.05) is 18.7 Å². The standard InChI is InChI=1S/C11H16Br2N2/c1-7-11(13)10(15(2)14-7)6-5-9(12)8-3-4-8/h8-9H,3-6H2,1-2H3. The van der Waals surface area contributed by atoms with Crippen molar-refractivity contribution in [2.45, 2.75) is 37.4 Å². The average molecular weight is 336 g/mol. The molecular weight excluding hydrogens is 320 g/mol. The molecule has 84 valence electrons. The Bertz CT molecular complexity index is 356. The van der Waals surface area contributed by atoms with Crippen molar-refractivity contribution in [1.82, 2.24) is 9.78 Å². The van der Waals surface area contributed by atoms with Gasteiger partial charge in [-0.15, -0.1) is 0 Å². The quantitative estimate of drug-likeness (QED) is 0.769. The van der Waals surface area contributed by atoms with Crippen LogP contribution in [0.2, 0.25) is 0 Å². The van der Waals surface area contributed by atoms with E-state index in [2.05, 4.69) is 37.0 Å². The Labute approximate surface area is 108 Å². The smallest absolute Gasteiger partial charge is 0.0738 e. The van der Waals surface area contributed by atoms with Gasteiger partial charge >= 0.3 is 0 Å². The minimum Gasteiger partial charge on any atom is -0.271 e. The molecule has 15 heavy (non-hydrogen) atoms. The maximum Gasteiger partial charge on any atom is 0.0738 e. The van der Waals surface area contributed by atoms with Gasteiger partial charge in [-0.05, 0) is 54.5 Å². The number of halogens is 2. The number of nitrogens with zero attached hydrogens (tertiary/aromatic N) is 2. The number of hydrogen-bond donors (Lipinski definition) is 0. The molecular formula is C11H16Br2N2. The van der Waals surface area contributed by atoms with E-state index in [1.165, 1.54) is 29.4 Å². The second-order valence-electron chi connectivity index (χ2n) is 4.36. The number of aryl methyl sites for hydroxylation is 2. The summed E-state index contributed by atoms with van der Waals surface area (Å²) in [4.78, 5) is 0.694. The Morgan fingerprint density at radius 3 is 2.67 bits per heavy atom. The van der Waals surface area contributed by atoms with Gasteiger partial charge < -0.3 is 0 Å². The molecule has 0 saturated heterocycles. The van der Waals surface area contributed by atoms with E-state index in [0.29, 0.717) is 4.83 Å². The number of alkyl halides is 1. The topological polar surface area (TPSA) is 17.8 Å². The van der Waals surface area contributed by atoms with Crippen LogP contribution in [0.4, 0.5) is 0 Å². The van der Waals surface area contributed by atoms with Crippen molar-refractivity contribution in [2.24, 2.45) is 13.0 Å². The lowest BCUT2D eigenvalue weighted by molar-refractivity contribution is 0.642. The Kier molecular flexibility index (Phi) is 3.56. The van der Waals surface area contributed by atoms with Gasteiger partial charge in [-0.25, -0.2) is 0 Å². The van der Waals surface area contributed by atoms with Crippen molar-refractivity contribution in [3.8, 4) is 0 Å². The Morgan fingerprint density at radius 2 is 2.20 bits per heavy atom. The van der Waals surface area contributed by atoms with Gasteiger partial charge in [-0.2, -0.15) is 5.10 Å². The molecule has 4 heteroatoms. The molecule has 0 aliphatic heterocycles. The van der Waals surface area contributed by atoms with E-state index in [-0.39, 0.29) is 0 Å². The average Bonchev–Trinajstić information content (AvgIpc) is 2.96. The highest BCUT2D eigenvalue weighted by molar-refractivity contribution is 9.10. The number of hydrogen-bond acceptors (Lipinski definition) is 1. The van der Waals surface area contributed by atoms with Crippen LogP contribution in [0.5, 0.6) is 0 Å². The summed E-state index contributed by atoms with van der Waals surface area (Å²) in [5, 5.41) is 4.40. The van der Waals surface area contributed by atoms with Gasteiger partial charge in [0.1, 0.15) is 0 Å². The van der Waals surface area contributed by atoms with Crippen LogP contribution < -0.4 is 0 Å². The molecule has 1 aliphatic carbocycles. The Morgan fingerprint density at radius 1 is 1.53 bits per heavy atom. The van der Waals surface area contributed by atoms with Crippen LogP contribution in [0, 0.1) is 12.8 Å². The van der Waals surface area contributed by atoms with Gasteiger partial charge in [-0.1, -0.05) is 15.9 Å². The first-order valence-corrected chi connectivity index (χ1v) is 7.12. The molecule has 0 N–H and O–H groups in total. The van der Waals surface area contributed by atoms with E-state index in [0.717, 1.165) is 18.0 Å². The molecule has 0 bridgehead atoms. The third kappa shape index (κ3) is 2.64. The van der Waals surface area contributed by atoms with Crippen molar-refractivity contribution in [3.05, 3.63) is 15.9 Å². The minimum atomic E-state index is 0.694. The maximum atomic E-state index is 4.40. The highest BCUT2D eigenvalue weighted by atomic mass is 79.9. The third-order valence-corrected chi connectivity index (χ3v) is 5.29. The van der Waals surface area contributed by atoms with Crippen molar-refractivity contribution in [3.63, 3.8) is 0 Å². The fourth-order valence-corrected chi connectivity index (χ4v) is 3.21. The van der Waals surface area contributed by atoms with Crippen molar-refractivity contribution >= 4 is 31.9 Å². The Balaban J connectivity index is 1.97. The third-order valence-electron chi connectivity index (χ3n) is 3.05. The summed E-state index contributed by atoms with van der Waals surface area (Å²) in [6.45, 7) is 2.04. The fourth-order valence-electron chi connectivity index (χ4n) is 1.92. The summed E-state index contributed by atoms with van der Waals surface area (Å²) in [5.41, 5.74) is 2.41. The van der Waals surface area contributed by atoms with Crippen LogP contribution >= 0.6 is 31.9 Å². The molecule has 1 aliphatic rings. The lowest BCUT2D eigenvalue weighted by atomic mass is 10.1. The molecule has 0 radical (unpaired) electrons. The highest BCUT2D eigenvalue weighted by Gasteiger charge is 2.29. The molecule has 2 rings (SSSR count). The van der Waals surface area contributed by atoms with Gasteiger partial charge in [0.2, 0.25) is 0 Å². The van der Waals surface area contributed by atoms with Crippen LogP contribution in [-0.2, 0) is 13.5 Å². The van der Waals surface area contributed by atoms with E-state index in [4.69, 9.17) is 0 Å². The predicted molar refractivity (Wildman–Crippen MR) is 69.4 cm³/mol. The Hall–Kier alpha value is 0.170. The summed E-state index contributed by atoms with van der Waals surface area (Å²) < 4.78 is 3.17. The highest BCUT2D eigenvalue weighted by Crippen LogP contribution is 2.39. The van der Waals surface area contributed by atoms with E-state index < -0.39 is 0 Å². The summed E-state index contributed by atoms with van der Waals surface area (Å²) in [6, 6.07) is 0. The largest absolute Gasteiger partial charge is 0.271 e. The van der Waals surface area contributed by atoms with Gasteiger partial charge in [-0.3, -0.25) is 4.68 Å². The van der Waals surface area contributed by atoms with Crippen molar-refractivity contribution in [2.75, 3.05) is 0 Å². The van der Waals surface area contributed by atoms with Crippen LogP contribution in [0.25, 0.3) is 0 Å². The monoisotopic (exact) mass is 334 g/mol. The van der Waals surface area contributed by atoms with Gasteiger partial charge in [0, 0.05) is 11.9 Å². The molecule has 1 unspecified atom stereocenters. The molecule has 1 heterocycles. The maximum absolute atomic E-state index is 4.40. The summed E-state index contributed by atoms with van der Waals surface area (Å²) in [7, 11) is 2.02. The molecule has 2 nitrogen and oxygen atoms in total. The number of rotatable bonds is 4. The molecule has 1 atom stereocenters. The summed E-state index contributed by atoms with van der Waals surface area (Å²) in [5.74, 6) is 0.929. The molecule has 1 aromatic heterocycles. The predicted octanol–water partition coefficient (Wildman–Crippen LogP) is 3.60. The second-order valence-corrected chi connectivity index (χ2v) is 6.33. The first kappa shape index (κ1) is 11.6. The number of aromatic nitrogens is 2. The second kappa shape index (κ2) is 4.58. The zero-order valence-electron chi connectivity index (χ0n) is 9.13. The SMILES string of the molecule is Cc1nn(C)c(CCC(Br)C2CC2)c1Br. The van der Waals surface area contributed by atoms with Crippen LogP contribution in [0.3, 0.4) is 0 Å². The van der Waals surface area contributed by atoms with Crippen molar-refractivity contribution < 1.29 is 0 Å². The van der Waals surface area contributed by atoms with E-state index in [1.54, 1.807) is 0 Å². The van der Waals surface area contributed by atoms with Crippen LogP contribution in [0.1, 0.15) is 30.7 Å². The van der Waals surface area contributed by atoms with E-state index >= 15 is 0 Å². The zero-order chi connectivity index (χ0) is 11.0. The lowest BCUT2D eigenvalue weighted by Crippen LogP contribution is -2.06. The first-order chi connectivity index (χ1) is 7.09. The summed E-state index contributed by atoms with van der Waals surface area (Å²) in [6.07, 6.45) is 5.12. The molecule has 1 aromatic rings.